The van der Waals surface area contributed by atoms with Gasteiger partial charge in [0, 0.05) is 6.42 Å². The van der Waals surface area contributed by atoms with Gasteiger partial charge in [-0.1, -0.05) is 12.2 Å². The quantitative estimate of drug-likeness (QED) is 0.687. The Kier molecular flexibility index (Phi) is 2.60. The molecule has 3 nitrogen and oxygen atoms in total. The summed E-state index contributed by atoms with van der Waals surface area (Å²) in [6, 6.07) is 2.35. The molecule has 2 bridgehead atoms. The van der Waals surface area contributed by atoms with Crippen LogP contribution < -0.4 is 0 Å². The van der Waals surface area contributed by atoms with Gasteiger partial charge in [0.05, 0.1) is 30.3 Å². The fourth-order valence-electron chi connectivity index (χ4n) is 2.93. The molecule has 4 atom stereocenters. The normalized spacial score (nSPS) is 45.6. The Morgan fingerprint density at radius 2 is 2.25 bits per heavy atom. The number of nitrogens with zero attached hydrogens (tertiary/aromatic N) is 1. The first-order valence-electron chi connectivity index (χ1n) is 5.75. The van der Waals surface area contributed by atoms with Gasteiger partial charge in [-0.15, -0.1) is 0 Å². The van der Waals surface area contributed by atoms with Gasteiger partial charge >= 0.3 is 0 Å². The maximum atomic E-state index is 9.16. The third-order valence-corrected chi connectivity index (χ3v) is 3.74. The van der Waals surface area contributed by atoms with E-state index in [0.717, 1.165) is 18.4 Å². The van der Waals surface area contributed by atoms with E-state index in [0.29, 0.717) is 6.61 Å². The maximum absolute atomic E-state index is 9.16. The van der Waals surface area contributed by atoms with Crippen LogP contribution in [0.25, 0.3) is 0 Å². The Balaban J connectivity index is 2.12. The minimum Gasteiger partial charge on any atom is -0.371 e. The number of nitriles is 1. The molecule has 4 unspecified atom stereocenters. The fraction of sp³-hybridized carbons (Fsp3) is 0.769. The lowest BCUT2D eigenvalue weighted by Crippen LogP contribution is -2.44. The van der Waals surface area contributed by atoms with E-state index < -0.39 is 5.60 Å². The highest BCUT2D eigenvalue weighted by atomic mass is 16.6. The molecule has 3 heteroatoms. The molecule has 0 aromatic heterocycles. The molecule has 2 saturated heterocycles. The molecule has 0 aliphatic carbocycles. The molecule has 16 heavy (non-hydrogen) atoms. The molecule has 0 N–H and O–H groups in total. The Morgan fingerprint density at radius 3 is 2.75 bits per heavy atom. The van der Waals surface area contributed by atoms with Crippen molar-refractivity contribution in [1.29, 1.82) is 5.26 Å². The molecule has 2 aliphatic rings. The predicted molar refractivity (Wildman–Crippen MR) is 60.8 cm³/mol. The zero-order valence-corrected chi connectivity index (χ0v) is 10.2. The van der Waals surface area contributed by atoms with Crippen molar-refractivity contribution in [2.45, 2.75) is 50.9 Å². The molecule has 0 spiro atoms. The van der Waals surface area contributed by atoms with Crippen molar-refractivity contribution in [3.8, 4) is 6.07 Å². The summed E-state index contributed by atoms with van der Waals surface area (Å²) >= 11 is 0. The van der Waals surface area contributed by atoms with Gasteiger partial charge in [0.2, 0.25) is 0 Å². The van der Waals surface area contributed by atoms with Crippen molar-refractivity contribution in [3.05, 3.63) is 12.2 Å². The lowest BCUT2D eigenvalue weighted by Gasteiger charge is -2.32. The Morgan fingerprint density at radius 1 is 1.56 bits per heavy atom. The van der Waals surface area contributed by atoms with E-state index in [-0.39, 0.29) is 17.6 Å². The topological polar surface area (TPSA) is 42.2 Å². The average Bonchev–Trinajstić information content (AvgIpc) is 2.59. The first-order chi connectivity index (χ1) is 7.39. The van der Waals surface area contributed by atoms with Gasteiger partial charge in [-0.25, -0.2) is 0 Å². The highest BCUT2D eigenvalue weighted by molar-refractivity contribution is 5.17. The second kappa shape index (κ2) is 3.58. The van der Waals surface area contributed by atoms with Crippen molar-refractivity contribution >= 4 is 0 Å². The minimum absolute atomic E-state index is 0.0209. The standard InChI is InChI=1S/C13H19NO2/c1-9(2)8-15-11-6-12(3)5-10(7-14)13(11,4)16-12/h10-11H,1,5-6,8H2,2-4H3. The number of hydrogen-bond acceptors (Lipinski definition) is 3. The Labute approximate surface area is 97.0 Å². The summed E-state index contributed by atoms with van der Waals surface area (Å²) in [7, 11) is 0. The molecular weight excluding hydrogens is 202 g/mol. The monoisotopic (exact) mass is 221 g/mol. The van der Waals surface area contributed by atoms with E-state index in [4.69, 9.17) is 14.7 Å². The van der Waals surface area contributed by atoms with Crippen LogP contribution in [0.5, 0.6) is 0 Å². The van der Waals surface area contributed by atoms with Gasteiger partial charge in [0.15, 0.2) is 0 Å². The molecule has 0 aromatic carbocycles. The molecule has 88 valence electrons. The minimum atomic E-state index is -0.432. The van der Waals surface area contributed by atoms with E-state index >= 15 is 0 Å². The molecule has 2 fully saturated rings. The van der Waals surface area contributed by atoms with Crippen molar-refractivity contribution < 1.29 is 9.47 Å². The van der Waals surface area contributed by atoms with Crippen LogP contribution in [-0.2, 0) is 9.47 Å². The largest absolute Gasteiger partial charge is 0.371 e. The zero-order valence-electron chi connectivity index (χ0n) is 10.2. The Hall–Kier alpha value is -0.850. The lowest BCUT2D eigenvalue weighted by atomic mass is 9.74. The molecule has 0 radical (unpaired) electrons. The molecular formula is C13H19NO2. The molecule has 0 saturated carbocycles. The van der Waals surface area contributed by atoms with E-state index in [1.54, 1.807) is 0 Å². The van der Waals surface area contributed by atoms with Crippen LogP contribution in [0.2, 0.25) is 0 Å². The van der Waals surface area contributed by atoms with Crippen LogP contribution in [0.4, 0.5) is 0 Å². The van der Waals surface area contributed by atoms with Crippen LogP contribution in [0.15, 0.2) is 12.2 Å². The molecule has 0 amide bonds. The highest BCUT2D eigenvalue weighted by Gasteiger charge is 2.63. The summed E-state index contributed by atoms with van der Waals surface area (Å²) in [6.45, 7) is 10.4. The zero-order chi connectivity index (χ0) is 12.0. The van der Waals surface area contributed by atoms with E-state index in [2.05, 4.69) is 19.6 Å². The number of fused-ring (bicyclic) bond motifs is 2. The van der Waals surface area contributed by atoms with E-state index in [9.17, 15) is 0 Å². The molecule has 0 aromatic rings. The summed E-state index contributed by atoms with van der Waals surface area (Å²) < 4.78 is 11.8. The van der Waals surface area contributed by atoms with Gasteiger partial charge < -0.3 is 9.47 Å². The third kappa shape index (κ3) is 1.66. The third-order valence-electron chi connectivity index (χ3n) is 3.74. The highest BCUT2D eigenvalue weighted by Crippen LogP contribution is 2.54. The summed E-state index contributed by atoms with van der Waals surface area (Å²) in [6.07, 6.45) is 1.73. The van der Waals surface area contributed by atoms with Crippen LogP contribution in [-0.4, -0.2) is 23.9 Å². The van der Waals surface area contributed by atoms with E-state index in [1.807, 2.05) is 13.8 Å². The van der Waals surface area contributed by atoms with E-state index in [1.165, 1.54) is 0 Å². The first-order valence-corrected chi connectivity index (χ1v) is 5.75. The number of rotatable bonds is 3. The van der Waals surface area contributed by atoms with Crippen molar-refractivity contribution in [2.75, 3.05) is 6.61 Å². The summed E-state index contributed by atoms with van der Waals surface area (Å²) in [5.41, 5.74) is 0.401. The fourth-order valence-corrected chi connectivity index (χ4v) is 2.93. The SMILES string of the molecule is C=C(C)COC1CC2(C)CC(C#N)C1(C)O2. The van der Waals surface area contributed by atoms with Gasteiger partial charge in [-0.3, -0.25) is 0 Å². The van der Waals surface area contributed by atoms with Crippen molar-refractivity contribution in [1.82, 2.24) is 0 Å². The van der Waals surface area contributed by atoms with Crippen molar-refractivity contribution in [3.63, 3.8) is 0 Å². The second-order valence-corrected chi connectivity index (χ2v) is 5.58. The van der Waals surface area contributed by atoms with Crippen LogP contribution in [0.1, 0.15) is 33.6 Å². The summed E-state index contributed by atoms with van der Waals surface area (Å²) in [5.74, 6) is -0.0543. The maximum Gasteiger partial charge on any atom is 0.108 e. The smallest absolute Gasteiger partial charge is 0.108 e. The van der Waals surface area contributed by atoms with Gasteiger partial charge in [0.25, 0.3) is 0 Å². The average molecular weight is 221 g/mol. The van der Waals surface area contributed by atoms with Crippen molar-refractivity contribution in [2.24, 2.45) is 5.92 Å². The van der Waals surface area contributed by atoms with Gasteiger partial charge in [0.1, 0.15) is 5.60 Å². The molecule has 2 rings (SSSR count). The van der Waals surface area contributed by atoms with Crippen LogP contribution in [0.3, 0.4) is 0 Å². The summed E-state index contributed by atoms with van der Waals surface area (Å²) in [4.78, 5) is 0. The Bertz CT molecular complexity index is 359. The molecule has 2 aliphatic heterocycles. The second-order valence-electron chi connectivity index (χ2n) is 5.58. The van der Waals surface area contributed by atoms with Crippen LogP contribution >= 0.6 is 0 Å². The predicted octanol–water partition coefficient (Wildman–Crippen LogP) is 2.43. The number of ether oxygens (including phenoxy) is 2. The first kappa shape index (κ1) is 11.6. The lowest BCUT2D eigenvalue weighted by molar-refractivity contribution is -0.0843. The summed E-state index contributed by atoms with van der Waals surface area (Å²) in [5, 5.41) is 9.16. The number of hydrogen-bond donors (Lipinski definition) is 0. The van der Waals surface area contributed by atoms with Crippen LogP contribution in [0, 0.1) is 17.2 Å². The van der Waals surface area contributed by atoms with Gasteiger partial charge in [-0.05, 0) is 27.2 Å². The molecule has 2 heterocycles. The van der Waals surface area contributed by atoms with Gasteiger partial charge in [-0.2, -0.15) is 5.26 Å².